The number of carbonyl (C=O) groups is 7. The maximum atomic E-state index is 13.7. The molecule has 0 aliphatic carbocycles. The first-order chi connectivity index (χ1) is 22.5. The molecule has 0 bridgehead atoms. The van der Waals surface area contributed by atoms with Crippen LogP contribution in [-0.2, 0) is 33.4 Å². The summed E-state index contributed by atoms with van der Waals surface area (Å²) in [6.45, 7) is 2.74. The van der Waals surface area contributed by atoms with Gasteiger partial charge in [-0.25, -0.2) is 9.80 Å². The Morgan fingerprint density at radius 3 is 2.49 bits per heavy atom. The Kier molecular flexibility index (Phi) is 12.1. The monoisotopic (exact) mass is 690 g/mol. The summed E-state index contributed by atoms with van der Waals surface area (Å²) in [6, 6.07) is 3.51. The minimum Gasteiger partial charge on any atom is -0.461 e. The van der Waals surface area contributed by atoms with Crippen molar-refractivity contribution in [1.29, 1.82) is 0 Å². The summed E-state index contributed by atoms with van der Waals surface area (Å²) in [4.78, 5) is 91.3. The highest BCUT2D eigenvalue weighted by atomic mass is 35.5. The first-order valence-electron chi connectivity index (χ1n) is 14.7. The van der Waals surface area contributed by atoms with Crippen molar-refractivity contribution in [2.75, 3.05) is 19.8 Å². The largest absolute Gasteiger partial charge is 0.461 e. The number of Topliss-reactive ketones (excluding diaryl/α,β-unsaturated/α-hetero) is 1. The summed E-state index contributed by atoms with van der Waals surface area (Å²) in [6.07, 6.45) is 2.52. The number of halogens is 2. The van der Waals surface area contributed by atoms with Crippen molar-refractivity contribution in [3.05, 3.63) is 70.6 Å². The second kappa shape index (κ2) is 16.2. The number of fused-ring (bicyclic) bond motifs is 1. The molecule has 4 rings (SSSR count). The topological polar surface area (TPSA) is 182 Å². The highest BCUT2D eigenvalue weighted by Gasteiger charge is 2.45. The van der Waals surface area contributed by atoms with E-state index in [1.165, 1.54) is 47.7 Å². The van der Waals surface area contributed by atoms with Gasteiger partial charge in [-0.2, -0.15) is 0 Å². The number of hydrogen-bond donors (Lipinski definition) is 2. The van der Waals surface area contributed by atoms with E-state index in [4.69, 9.17) is 37.1 Å². The molecule has 2 fully saturated rings. The molecule has 2 aliphatic rings. The molecular weight excluding hydrogens is 659 g/mol. The van der Waals surface area contributed by atoms with Crippen molar-refractivity contribution in [1.82, 2.24) is 20.7 Å². The van der Waals surface area contributed by atoms with Gasteiger partial charge in [0, 0.05) is 19.4 Å². The standard InChI is InChI=1S/C31H32Cl2N4O10/c1-2-15-46-26(40)13-11-20(23(38)17-47-31(44)27-18(32)6-3-7-19(27)33)34-28(41)22-8-4-14-36-25(39)12-10-21(30(43)37(22)36)35-29(42)24-9-5-16-45-24/h2-3,5-7,9,16,20-22H,1,4,8,10-15,17H2,(H,34,41)(H,35,42)/t20-,21-,22-/m0/s1. The predicted molar refractivity (Wildman–Crippen MR) is 165 cm³/mol. The zero-order valence-electron chi connectivity index (χ0n) is 25.1. The van der Waals surface area contributed by atoms with Gasteiger partial charge in [-0.1, -0.05) is 41.9 Å². The number of nitrogens with one attached hydrogen (secondary N) is 2. The summed E-state index contributed by atoms with van der Waals surface area (Å²) in [5.41, 5.74) is -0.155. The third-order valence-electron chi connectivity index (χ3n) is 7.43. The number of amides is 4. The minimum absolute atomic E-state index is 0.00179. The normalized spacial score (nSPS) is 18.3. The molecule has 2 aliphatic heterocycles. The average Bonchev–Trinajstić information content (AvgIpc) is 3.57. The molecule has 3 atom stereocenters. The van der Waals surface area contributed by atoms with Gasteiger partial charge in [0.2, 0.25) is 11.8 Å². The SMILES string of the molecule is C=CCOC(=O)CC[C@H](NC(=O)[C@@H]1CCCN2C(=O)CC[C@H](NC(=O)c3ccco3)C(=O)N12)C(=O)COC(=O)c1c(Cl)cccc1Cl. The molecule has 14 nitrogen and oxygen atoms in total. The summed E-state index contributed by atoms with van der Waals surface area (Å²) < 4.78 is 15.2. The van der Waals surface area contributed by atoms with E-state index in [9.17, 15) is 33.6 Å². The highest BCUT2D eigenvalue weighted by molar-refractivity contribution is 6.39. The molecule has 0 spiro atoms. The molecule has 0 radical (unpaired) electrons. The van der Waals surface area contributed by atoms with Crippen molar-refractivity contribution in [2.45, 2.75) is 56.7 Å². The number of furan rings is 1. The molecule has 4 amide bonds. The van der Waals surface area contributed by atoms with Gasteiger partial charge >= 0.3 is 11.9 Å². The Labute approximate surface area is 279 Å². The van der Waals surface area contributed by atoms with E-state index in [1.807, 2.05) is 0 Å². The molecule has 0 unspecified atom stereocenters. The first-order valence-corrected chi connectivity index (χ1v) is 15.5. The van der Waals surface area contributed by atoms with E-state index in [2.05, 4.69) is 17.2 Å². The minimum atomic E-state index is -1.36. The quantitative estimate of drug-likeness (QED) is 0.234. The van der Waals surface area contributed by atoms with Crippen LogP contribution in [0.2, 0.25) is 10.0 Å². The summed E-state index contributed by atoms with van der Waals surface area (Å²) >= 11 is 12.1. The molecule has 2 saturated heterocycles. The van der Waals surface area contributed by atoms with Gasteiger partial charge in [0.05, 0.1) is 27.9 Å². The fourth-order valence-electron chi connectivity index (χ4n) is 5.11. The third kappa shape index (κ3) is 8.77. The van der Waals surface area contributed by atoms with Crippen LogP contribution in [0.4, 0.5) is 0 Å². The van der Waals surface area contributed by atoms with E-state index in [0.29, 0.717) is 6.42 Å². The van der Waals surface area contributed by atoms with E-state index in [1.54, 1.807) is 0 Å². The Bertz CT molecular complexity index is 1530. The second-order valence-corrected chi connectivity index (χ2v) is 11.4. The first kappa shape index (κ1) is 35.2. The molecule has 2 aromatic rings. The zero-order chi connectivity index (χ0) is 34.1. The molecule has 1 aromatic heterocycles. The van der Waals surface area contributed by atoms with Crippen LogP contribution in [0.1, 0.15) is 59.4 Å². The number of esters is 2. The molecule has 3 heterocycles. The summed E-state index contributed by atoms with van der Waals surface area (Å²) in [5.74, 6) is -5.07. The molecule has 47 heavy (non-hydrogen) atoms. The number of hydrogen-bond acceptors (Lipinski definition) is 10. The van der Waals surface area contributed by atoms with Crippen molar-refractivity contribution in [3.63, 3.8) is 0 Å². The number of ether oxygens (including phenoxy) is 2. The number of ketones is 1. The fraction of sp³-hybridized carbons (Fsp3) is 0.387. The van der Waals surface area contributed by atoms with E-state index in [-0.39, 0.29) is 66.6 Å². The highest BCUT2D eigenvalue weighted by Crippen LogP contribution is 2.27. The lowest BCUT2D eigenvalue weighted by Crippen LogP contribution is -2.64. The molecule has 0 saturated carbocycles. The van der Waals surface area contributed by atoms with E-state index >= 15 is 0 Å². The Morgan fingerprint density at radius 1 is 1.06 bits per heavy atom. The maximum absolute atomic E-state index is 13.7. The lowest BCUT2D eigenvalue weighted by Gasteiger charge is -2.43. The average molecular weight is 692 g/mol. The van der Waals surface area contributed by atoms with Crippen LogP contribution in [0, 0.1) is 0 Å². The lowest BCUT2D eigenvalue weighted by molar-refractivity contribution is -0.176. The van der Waals surface area contributed by atoms with Crippen LogP contribution in [-0.4, -0.2) is 89.3 Å². The Balaban J connectivity index is 1.51. The number of benzene rings is 1. The number of nitrogens with zero attached hydrogens (tertiary/aromatic N) is 2. The zero-order valence-corrected chi connectivity index (χ0v) is 26.6. The molecular formula is C31H32Cl2N4O10. The molecule has 250 valence electrons. The number of carbonyl (C=O) groups excluding carboxylic acids is 7. The van der Waals surface area contributed by atoms with Crippen molar-refractivity contribution in [3.8, 4) is 0 Å². The van der Waals surface area contributed by atoms with Gasteiger partial charge < -0.3 is 24.5 Å². The van der Waals surface area contributed by atoms with E-state index in [0.717, 1.165) is 5.01 Å². The van der Waals surface area contributed by atoms with Crippen LogP contribution in [0.5, 0.6) is 0 Å². The van der Waals surface area contributed by atoms with Crippen LogP contribution in [0.25, 0.3) is 0 Å². The Morgan fingerprint density at radius 2 is 1.81 bits per heavy atom. The van der Waals surface area contributed by atoms with Crippen molar-refractivity contribution < 1.29 is 47.5 Å². The summed E-state index contributed by atoms with van der Waals surface area (Å²) in [7, 11) is 0. The smallest absolute Gasteiger partial charge is 0.341 e. The van der Waals surface area contributed by atoms with Gasteiger partial charge in [-0.15, -0.1) is 0 Å². The fourth-order valence-corrected chi connectivity index (χ4v) is 5.67. The number of rotatable bonds is 13. The van der Waals surface area contributed by atoms with Crippen molar-refractivity contribution >= 4 is 64.6 Å². The van der Waals surface area contributed by atoms with Crippen LogP contribution >= 0.6 is 23.2 Å². The van der Waals surface area contributed by atoms with Gasteiger partial charge in [-0.05, 0) is 49.9 Å². The van der Waals surface area contributed by atoms with Crippen LogP contribution < -0.4 is 10.6 Å². The second-order valence-electron chi connectivity index (χ2n) is 10.6. The third-order valence-corrected chi connectivity index (χ3v) is 8.06. The van der Waals surface area contributed by atoms with Crippen molar-refractivity contribution in [2.24, 2.45) is 0 Å². The maximum Gasteiger partial charge on any atom is 0.341 e. The van der Waals surface area contributed by atoms with Gasteiger partial charge in [0.15, 0.2) is 18.2 Å². The number of hydrazine groups is 1. The van der Waals surface area contributed by atoms with Crippen LogP contribution in [0.3, 0.4) is 0 Å². The van der Waals surface area contributed by atoms with E-state index < -0.39 is 66.1 Å². The molecule has 16 heteroatoms. The van der Waals surface area contributed by atoms with Gasteiger partial charge in [0.1, 0.15) is 18.7 Å². The predicted octanol–water partition coefficient (Wildman–Crippen LogP) is 2.63. The van der Waals surface area contributed by atoms with Crippen LogP contribution in [0.15, 0.2) is 53.7 Å². The van der Waals surface area contributed by atoms with Gasteiger partial charge in [-0.3, -0.25) is 33.8 Å². The van der Waals surface area contributed by atoms with Gasteiger partial charge in [0.25, 0.3) is 11.8 Å². The lowest BCUT2D eigenvalue weighted by atomic mass is 10.0. The summed E-state index contributed by atoms with van der Waals surface area (Å²) in [5, 5.41) is 7.32. The molecule has 2 N–H and O–H groups in total. The Hall–Kier alpha value is -4.69. The molecule has 1 aromatic carbocycles.